The first-order chi connectivity index (χ1) is 9.34. The smallest absolute Gasteiger partial charge is 0.347 e. The molecule has 0 spiro atoms. The second-order valence-corrected chi connectivity index (χ2v) is 4.37. The Morgan fingerprint density at radius 1 is 1.20 bits per heavy atom. The van der Waals surface area contributed by atoms with Crippen LogP contribution in [0.25, 0.3) is 10.9 Å². The molecule has 2 rings (SSSR count). The van der Waals surface area contributed by atoms with E-state index >= 15 is 0 Å². The molecule has 0 saturated heterocycles. The van der Waals surface area contributed by atoms with Gasteiger partial charge < -0.3 is 4.57 Å². The second-order valence-electron chi connectivity index (χ2n) is 4.37. The predicted octanol–water partition coefficient (Wildman–Crippen LogP) is 3.37. The minimum atomic E-state index is -4.97. The first-order valence-corrected chi connectivity index (χ1v) is 6.05. The van der Waals surface area contributed by atoms with Crippen LogP contribution in [-0.4, -0.2) is 22.3 Å². The third-order valence-corrected chi connectivity index (χ3v) is 3.07. The lowest BCUT2D eigenvalue weighted by Crippen LogP contribution is -2.25. The van der Waals surface area contributed by atoms with Crippen LogP contribution in [0, 0.1) is 0 Å². The van der Waals surface area contributed by atoms with Gasteiger partial charge in [-0.1, -0.05) is 18.2 Å². The van der Waals surface area contributed by atoms with E-state index in [2.05, 4.69) is 0 Å². The Labute approximate surface area is 113 Å². The van der Waals surface area contributed by atoms with E-state index in [0.717, 1.165) is 5.52 Å². The maximum absolute atomic E-state index is 12.2. The fraction of sp³-hybridized carbons (Fsp3) is 0.286. The minimum absolute atomic E-state index is 0.153. The molecule has 0 unspecified atom stereocenters. The van der Waals surface area contributed by atoms with Crippen LogP contribution >= 0.6 is 0 Å². The summed E-state index contributed by atoms with van der Waals surface area (Å²) in [5, 5.41) is 0.564. The number of aryl methyl sites for hydroxylation is 1. The average Bonchev–Trinajstić information content (AvgIpc) is 2.76. The van der Waals surface area contributed by atoms with Gasteiger partial charge in [-0.15, -0.1) is 0 Å². The van der Waals surface area contributed by atoms with Crippen molar-refractivity contribution in [3.63, 3.8) is 0 Å². The highest BCUT2D eigenvalue weighted by molar-refractivity contribution is 6.15. The highest BCUT2D eigenvalue weighted by Crippen LogP contribution is 2.25. The third kappa shape index (κ3) is 2.59. The number of hydrogen-bond acceptors (Lipinski definition) is 2. The fourth-order valence-electron chi connectivity index (χ4n) is 2.07. The summed E-state index contributed by atoms with van der Waals surface area (Å²) in [6.45, 7) is 2.45. The van der Waals surface area contributed by atoms with Gasteiger partial charge in [0.1, 0.15) is 0 Å². The van der Waals surface area contributed by atoms with E-state index in [4.69, 9.17) is 0 Å². The minimum Gasteiger partial charge on any atom is -0.347 e. The average molecular weight is 283 g/mol. The molecule has 0 atom stereocenters. The molecule has 1 heterocycles. The Bertz CT molecular complexity index is 671. The van der Waals surface area contributed by atoms with Crippen LogP contribution in [0.1, 0.15) is 23.7 Å². The van der Waals surface area contributed by atoms with Crippen LogP contribution < -0.4 is 0 Å². The quantitative estimate of drug-likeness (QED) is 0.637. The number of halogens is 3. The molecule has 1 aromatic carbocycles. The van der Waals surface area contributed by atoms with Crippen molar-refractivity contribution in [1.82, 2.24) is 4.57 Å². The number of carbonyl (C=O) groups is 2. The highest BCUT2D eigenvalue weighted by atomic mass is 19.4. The van der Waals surface area contributed by atoms with Crippen LogP contribution in [0.3, 0.4) is 0 Å². The number of alkyl halides is 3. The zero-order valence-electron chi connectivity index (χ0n) is 10.7. The second kappa shape index (κ2) is 5.11. The topological polar surface area (TPSA) is 39.1 Å². The number of carbonyl (C=O) groups excluding carboxylic acids is 2. The number of benzene rings is 1. The molecule has 0 bridgehead atoms. The van der Waals surface area contributed by atoms with Crippen molar-refractivity contribution in [3.8, 4) is 0 Å². The summed E-state index contributed by atoms with van der Waals surface area (Å²) in [4.78, 5) is 22.8. The van der Waals surface area contributed by atoms with Crippen molar-refractivity contribution in [2.75, 3.05) is 0 Å². The SMILES string of the molecule is CCn1cc(C(=O)CC(=O)C(F)(F)F)c2ccccc21. The number of aromatic nitrogens is 1. The maximum Gasteiger partial charge on any atom is 0.450 e. The third-order valence-electron chi connectivity index (χ3n) is 3.07. The van der Waals surface area contributed by atoms with Crippen molar-refractivity contribution in [2.45, 2.75) is 26.1 Å². The first-order valence-electron chi connectivity index (χ1n) is 6.05. The van der Waals surface area contributed by atoms with E-state index in [-0.39, 0.29) is 5.56 Å². The first kappa shape index (κ1) is 14.3. The molecule has 0 radical (unpaired) electrons. The molecular weight excluding hydrogens is 271 g/mol. The molecule has 106 valence electrons. The summed E-state index contributed by atoms with van der Waals surface area (Å²) in [5.74, 6) is -2.83. The molecule has 0 N–H and O–H groups in total. The van der Waals surface area contributed by atoms with Crippen molar-refractivity contribution < 1.29 is 22.8 Å². The Morgan fingerprint density at radius 2 is 1.85 bits per heavy atom. The molecule has 2 aromatic rings. The van der Waals surface area contributed by atoms with Crippen molar-refractivity contribution in [1.29, 1.82) is 0 Å². The van der Waals surface area contributed by atoms with E-state index in [9.17, 15) is 22.8 Å². The lowest BCUT2D eigenvalue weighted by molar-refractivity contribution is -0.170. The van der Waals surface area contributed by atoms with E-state index in [0.29, 0.717) is 11.9 Å². The number of hydrogen-bond donors (Lipinski definition) is 0. The molecule has 6 heteroatoms. The van der Waals surface area contributed by atoms with E-state index < -0.39 is 24.2 Å². The zero-order chi connectivity index (χ0) is 14.9. The van der Waals surface area contributed by atoms with Gasteiger partial charge in [0.15, 0.2) is 5.78 Å². The number of nitrogens with zero attached hydrogens (tertiary/aromatic N) is 1. The summed E-state index contributed by atoms with van der Waals surface area (Å²) in [5.41, 5.74) is 0.915. The Balaban J connectivity index is 2.38. The van der Waals surface area contributed by atoms with Crippen molar-refractivity contribution in [2.24, 2.45) is 0 Å². The lowest BCUT2D eigenvalue weighted by Gasteiger charge is -2.03. The van der Waals surface area contributed by atoms with Gasteiger partial charge in [0.05, 0.1) is 6.42 Å². The maximum atomic E-state index is 12.2. The van der Waals surface area contributed by atoms with Gasteiger partial charge in [-0.3, -0.25) is 9.59 Å². The van der Waals surface area contributed by atoms with Crippen LogP contribution in [0.5, 0.6) is 0 Å². The van der Waals surface area contributed by atoms with Gasteiger partial charge in [-0.25, -0.2) is 0 Å². The number of fused-ring (bicyclic) bond motifs is 1. The Kier molecular flexibility index (Phi) is 3.65. The molecule has 0 aliphatic rings. The molecule has 1 aromatic heterocycles. The molecule has 20 heavy (non-hydrogen) atoms. The Morgan fingerprint density at radius 3 is 2.45 bits per heavy atom. The van der Waals surface area contributed by atoms with Crippen molar-refractivity contribution >= 4 is 22.5 Å². The van der Waals surface area contributed by atoms with Gasteiger partial charge >= 0.3 is 6.18 Å². The summed E-state index contributed by atoms with van der Waals surface area (Å²) in [6.07, 6.45) is -4.63. The van der Waals surface area contributed by atoms with Crippen LogP contribution in [-0.2, 0) is 11.3 Å². The van der Waals surface area contributed by atoms with Gasteiger partial charge in [-0.05, 0) is 13.0 Å². The molecule has 0 aliphatic carbocycles. The standard InChI is InChI=1S/C14H12F3NO2/c1-2-18-8-10(9-5-3-4-6-11(9)18)12(19)7-13(20)14(15,16)17/h3-6,8H,2,7H2,1H3. The van der Waals surface area contributed by atoms with Gasteiger partial charge in [0, 0.05) is 29.2 Å². The number of ketones is 2. The fourth-order valence-corrected chi connectivity index (χ4v) is 2.07. The lowest BCUT2D eigenvalue weighted by atomic mass is 10.1. The molecule has 0 aliphatic heterocycles. The summed E-state index contributed by atoms with van der Waals surface area (Å²) >= 11 is 0. The summed E-state index contributed by atoms with van der Waals surface area (Å²) in [7, 11) is 0. The Hall–Kier alpha value is -2.11. The summed E-state index contributed by atoms with van der Waals surface area (Å²) < 4.78 is 38.4. The molecule has 0 saturated carbocycles. The van der Waals surface area contributed by atoms with E-state index in [1.54, 1.807) is 28.8 Å². The van der Waals surface area contributed by atoms with E-state index in [1.165, 1.54) is 6.20 Å². The monoisotopic (exact) mass is 283 g/mol. The number of rotatable bonds is 4. The van der Waals surface area contributed by atoms with Crippen molar-refractivity contribution in [3.05, 3.63) is 36.0 Å². The zero-order valence-corrected chi connectivity index (χ0v) is 10.7. The molecule has 3 nitrogen and oxygen atoms in total. The molecular formula is C14H12F3NO2. The number of para-hydroxylation sites is 1. The molecule has 0 fully saturated rings. The van der Waals surface area contributed by atoms with Crippen LogP contribution in [0.4, 0.5) is 13.2 Å². The van der Waals surface area contributed by atoms with Gasteiger partial charge in [-0.2, -0.15) is 13.2 Å². The number of Topliss-reactive ketones (excluding diaryl/α,β-unsaturated/α-hetero) is 2. The van der Waals surface area contributed by atoms with Crippen LogP contribution in [0.15, 0.2) is 30.5 Å². The van der Waals surface area contributed by atoms with E-state index in [1.807, 2.05) is 6.92 Å². The van der Waals surface area contributed by atoms with Gasteiger partial charge in [0.2, 0.25) is 5.78 Å². The highest BCUT2D eigenvalue weighted by Gasteiger charge is 2.39. The van der Waals surface area contributed by atoms with Crippen LogP contribution in [0.2, 0.25) is 0 Å². The van der Waals surface area contributed by atoms with Gasteiger partial charge in [0.25, 0.3) is 0 Å². The normalized spacial score (nSPS) is 11.8. The molecule has 0 amide bonds. The largest absolute Gasteiger partial charge is 0.450 e. The predicted molar refractivity (Wildman–Crippen MR) is 67.6 cm³/mol. The summed E-state index contributed by atoms with van der Waals surface area (Å²) in [6, 6.07) is 6.92.